The second kappa shape index (κ2) is 12.2. The molecule has 158 valence electrons. The number of likely N-dealkylation sites (tertiary alicyclic amines) is 1. The van der Waals surface area contributed by atoms with Crippen LogP contribution in [-0.4, -0.2) is 81.8 Å². The fraction of sp³-hybridized carbons (Fsp3) is 0.600. The number of carbonyl (C=O) groups is 2. The molecule has 1 fully saturated rings. The van der Waals surface area contributed by atoms with Crippen LogP contribution in [-0.2, 0) is 16.1 Å². The molecule has 0 aromatic heterocycles. The number of benzene rings is 1. The molecular weight excluding hydrogens is 362 g/mol. The molecule has 28 heavy (non-hydrogen) atoms. The van der Waals surface area contributed by atoms with Crippen LogP contribution in [0.15, 0.2) is 18.2 Å². The molecule has 2 rings (SSSR count). The molecule has 0 spiro atoms. The van der Waals surface area contributed by atoms with Gasteiger partial charge in [0.2, 0.25) is 5.91 Å². The van der Waals surface area contributed by atoms with E-state index in [2.05, 4.69) is 36.3 Å². The molecular formula is C20H33N3O5. The predicted octanol–water partition coefficient (Wildman–Crippen LogP) is 1.29. The fourth-order valence-corrected chi connectivity index (χ4v) is 3.32. The summed E-state index contributed by atoms with van der Waals surface area (Å²) < 4.78 is 10.6. The number of carbonyl (C=O) groups excluding carboxylic acids is 1. The van der Waals surface area contributed by atoms with Crippen molar-refractivity contribution >= 4 is 12.4 Å². The molecule has 0 aliphatic carbocycles. The Morgan fingerprint density at radius 1 is 1.21 bits per heavy atom. The molecule has 2 N–H and O–H groups in total. The number of hydrogen-bond donors (Lipinski definition) is 2. The average Bonchev–Trinajstić information content (AvgIpc) is 2.88. The van der Waals surface area contributed by atoms with Gasteiger partial charge in [-0.1, -0.05) is 0 Å². The van der Waals surface area contributed by atoms with Gasteiger partial charge in [0.05, 0.1) is 20.1 Å². The lowest BCUT2D eigenvalue weighted by atomic mass is 10.0. The quantitative estimate of drug-likeness (QED) is 0.702. The lowest BCUT2D eigenvalue weighted by molar-refractivity contribution is -0.126. The third kappa shape index (κ3) is 7.74. The van der Waals surface area contributed by atoms with E-state index in [0.717, 1.165) is 43.0 Å². The maximum atomic E-state index is 12.6. The summed E-state index contributed by atoms with van der Waals surface area (Å²) in [7, 11) is 9.55. The normalized spacial score (nSPS) is 19.8. The number of ether oxygens (including phenoxy) is 2. The Kier molecular flexibility index (Phi) is 10.3. The zero-order chi connectivity index (χ0) is 21.1. The van der Waals surface area contributed by atoms with Crippen molar-refractivity contribution in [1.29, 1.82) is 0 Å². The van der Waals surface area contributed by atoms with Crippen molar-refractivity contribution in [2.24, 2.45) is 5.92 Å². The van der Waals surface area contributed by atoms with Crippen LogP contribution in [0.4, 0.5) is 0 Å². The Balaban J connectivity index is 0.00000122. The Hall–Kier alpha value is -2.32. The maximum Gasteiger partial charge on any atom is 0.290 e. The first-order chi connectivity index (χ1) is 13.3. The predicted molar refractivity (Wildman–Crippen MR) is 108 cm³/mol. The number of nitrogens with zero attached hydrogens (tertiary/aromatic N) is 2. The Morgan fingerprint density at radius 3 is 2.29 bits per heavy atom. The van der Waals surface area contributed by atoms with Gasteiger partial charge in [-0.2, -0.15) is 0 Å². The Labute approximate surface area is 167 Å². The Bertz CT molecular complexity index is 602. The fourth-order valence-electron chi connectivity index (χ4n) is 3.32. The smallest absolute Gasteiger partial charge is 0.290 e. The first kappa shape index (κ1) is 23.7. The van der Waals surface area contributed by atoms with E-state index >= 15 is 0 Å². The third-order valence-electron chi connectivity index (χ3n) is 4.88. The molecule has 8 nitrogen and oxygen atoms in total. The van der Waals surface area contributed by atoms with Crippen LogP contribution < -0.4 is 14.8 Å². The van der Waals surface area contributed by atoms with E-state index in [1.807, 2.05) is 18.2 Å². The van der Waals surface area contributed by atoms with E-state index in [-0.39, 0.29) is 18.3 Å². The highest BCUT2D eigenvalue weighted by Gasteiger charge is 2.27. The highest BCUT2D eigenvalue weighted by molar-refractivity contribution is 5.78. The first-order valence-electron chi connectivity index (χ1n) is 9.27. The molecule has 1 aliphatic heterocycles. The molecule has 1 saturated heterocycles. The summed E-state index contributed by atoms with van der Waals surface area (Å²) in [4.78, 5) is 25.5. The van der Waals surface area contributed by atoms with Crippen molar-refractivity contribution in [3.05, 3.63) is 23.8 Å². The monoisotopic (exact) mass is 395 g/mol. The van der Waals surface area contributed by atoms with Crippen LogP contribution in [0.25, 0.3) is 0 Å². The molecule has 0 bridgehead atoms. The summed E-state index contributed by atoms with van der Waals surface area (Å²) in [6.45, 7) is 2.03. The molecule has 2 atom stereocenters. The average molecular weight is 396 g/mol. The van der Waals surface area contributed by atoms with E-state index < -0.39 is 0 Å². The molecule has 0 radical (unpaired) electrons. The summed E-state index contributed by atoms with van der Waals surface area (Å²) in [6.07, 6.45) is 1.96. The molecule has 1 aromatic carbocycles. The molecule has 0 unspecified atom stereocenters. The summed E-state index contributed by atoms with van der Waals surface area (Å²) in [5.41, 5.74) is 0.970. The van der Waals surface area contributed by atoms with E-state index in [0.29, 0.717) is 12.6 Å². The lowest BCUT2D eigenvalue weighted by Gasteiger charge is -2.25. The molecule has 1 aliphatic rings. The van der Waals surface area contributed by atoms with Crippen molar-refractivity contribution < 1.29 is 24.2 Å². The largest absolute Gasteiger partial charge is 0.497 e. The summed E-state index contributed by atoms with van der Waals surface area (Å²) in [5.74, 6) is 1.61. The zero-order valence-corrected chi connectivity index (χ0v) is 17.5. The molecule has 1 heterocycles. The van der Waals surface area contributed by atoms with Gasteiger partial charge in [0.25, 0.3) is 6.47 Å². The van der Waals surface area contributed by atoms with Gasteiger partial charge >= 0.3 is 0 Å². The highest BCUT2D eigenvalue weighted by atomic mass is 16.5. The number of hydrogen-bond acceptors (Lipinski definition) is 6. The van der Waals surface area contributed by atoms with Gasteiger partial charge in [-0.25, -0.2) is 0 Å². The molecule has 0 saturated carbocycles. The number of amides is 1. The van der Waals surface area contributed by atoms with Gasteiger partial charge in [-0.05, 0) is 51.7 Å². The van der Waals surface area contributed by atoms with E-state index in [9.17, 15) is 4.79 Å². The number of carboxylic acid groups (broad SMARTS) is 1. The lowest BCUT2D eigenvalue weighted by Crippen LogP contribution is -2.39. The number of methoxy groups -OCH3 is 2. The standard InChI is InChI=1S/C19H31N3O3.CH2O2/c1-21(2)16-7-6-15(12-22(3)13-16)19(23)20-11-14-8-17(24-4)10-18(9-14)25-5;2-1-3/h8-10,15-16H,6-7,11-13H2,1-5H3,(H,20,23);1H,(H,2,3)/t15-,16+;/m1./s1. The summed E-state index contributed by atoms with van der Waals surface area (Å²) in [5, 5.41) is 9.96. The second-order valence-corrected chi connectivity index (χ2v) is 7.16. The van der Waals surface area contributed by atoms with Crippen molar-refractivity contribution in [3.8, 4) is 11.5 Å². The zero-order valence-electron chi connectivity index (χ0n) is 17.5. The van der Waals surface area contributed by atoms with Crippen molar-refractivity contribution in [2.75, 3.05) is 48.5 Å². The van der Waals surface area contributed by atoms with Gasteiger partial charge in [0, 0.05) is 31.7 Å². The topological polar surface area (TPSA) is 91.3 Å². The third-order valence-corrected chi connectivity index (χ3v) is 4.88. The Morgan fingerprint density at radius 2 is 1.79 bits per heavy atom. The van der Waals surface area contributed by atoms with Crippen LogP contribution in [0.2, 0.25) is 0 Å². The van der Waals surface area contributed by atoms with Crippen molar-refractivity contribution in [2.45, 2.75) is 25.4 Å². The van der Waals surface area contributed by atoms with Crippen LogP contribution in [0.5, 0.6) is 11.5 Å². The molecule has 1 amide bonds. The summed E-state index contributed by atoms with van der Waals surface area (Å²) >= 11 is 0. The van der Waals surface area contributed by atoms with Crippen LogP contribution in [0.3, 0.4) is 0 Å². The van der Waals surface area contributed by atoms with Crippen LogP contribution in [0.1, 0.15) is 18.4 Å². The molecule has 1 aromatic rings. The van der Waals surface area contributed by atoms with Crippen molar-refractivity contribution in [1.82, 2.24) is 15.1 Å². The van der Waals surface area contributed by atoms with Gasteiger partial charge in [0.1, 0.15) is 11.5 Å². The minimum absolute atomic E-state index is 0.0300. The minimum atomic E-state index is -0.250. The maximum absolute atomic E-state index is 12.6. The highest BCUT2D eigenvalue weighted by Crippen LogP contribution is 2.23. The van der Waals surface area contributed by atoms with Gasteiger partial charge in [-0.3, -0.25) is 9.59 Å². The summed E-state index contributed by atoms with van der Waals surface area (Å²) in [6, 6.07) is 6.17. The number of nitrogens with one attached hydrogen (secondary N) is 1. The first-order valence-corrected chi connectivity index (χ1v) is 9.27. The van der Waals surface area contributed by atoms with Gasteiger partial charge in [-0.15, -0.1) is 0 Å². The molecule has 8 heteroatoms. The minimum Gasteiger partial charge on any atom is -0.497 e. The van der Waals surface area contributed by atoms with Crippen molar-refractivity contribution in [3.63, 3.8) is 0 Å². The SMILES string of the molecule is COc1cc(CNC(=O)[C@@H]2CC[C@H](N(C)C)CN(C)C2)cc(OC)c1.O=CO. The van der Waals surface area contributed by atoms with Crippen LogP contribution >= 0.6 is 0 Å². The number of rotatable bonds is 6. The van der Waals surface area contributed by atoms with Gasteiger partial charge in [0.15, 0.2) is 0 Å². The van der Waals surface area contributed by atoms with Crippen LogP contribution in [0, 0.1) is 5.92 Å². The van der Waals surface area contributed by atoms with E-state index in [1.54, 1.807) is 14.2 Å². The number of likely N-dealkylation sites (N-methyl/N-ethyl adjacent to an activating group) is 2. The van der Waals surface area contributed by atoms with E-state index in [4.69, 9.17) is 19.4 Å². The van der Waals surface area contributed by atoms with Gasteiger partial charge < -0.3 is 29.7 Å². The van der Waals surface area contributed by atoms with E-state index in [1.165, 1.54) is 0 Å². The second-order valence-electron chi connectivity index (χ2n) is 7.16.